The van der Waals surface area contributed by atoms with Crippen molar-refractivity contribution < 1.29 is 51.0 Å². The van der Waals surface area contributed by atoms with Gasteiger partial charge in [0.15, 0.2) is 0 Å². The van der Waals surface area contributed by atoms with Gasteiger partial charge in [0.1, 0.15) is 16.7 Å². The lowest BCUT2D eigenvalue weighted by Gasteiger charge is -2.17. The van der Waals surface area contributed by atoms with Crippen molar-refractivity contribution >= 4 is 62.7 Å². The molecule has 40 heavy (non-hydrogen) atoms. The van der Waals surface area contributed by atoms with Crippen LogP contribution in [0.2, 0.25) is 15.1 Å². The molecule has 0 aromatic heterocycles. The Bertz CT molecular complexity index is 1280. The van der Waals surface area contributed by atoms with Crippen molar-refractivity contribution in [2.75, 3.05) is 13.2 Å². The fourth-order valence-corrected chi connectivity index (χ4v) is 5.35. The summed E-state index contributed by atoms with van der Waals surface area (Å²) in [6.07, 6.45) is -4.69. The largest absolute Gasteiger partial charge is 0.494 e. The number of hydroxylamine groups is 1. The van der Waals surface area contributed by atoms with Crippen LogP contribution in [0, 0.1) is 5.41 Å². The molecule has 0 amide bonds. The zero-order valence-corrected chi connectivity index (χ0v) is 23.1. The van der Waals surface area contributed by atoms with Crippen LogP contribution in [0.5, 0.6) is 5.75 Å². The van der Waals surface area contributed by atoms with E-state index in [-0.39, 0.29) is 34.1 Å². The van der Waals surface area contributed by atoms with Crippen LogP contribution in [0.3, 0.4) is 0 Å². The van der Waals surface area contributed by atoms with Crippen molar-refractivity contribution in [3.05, 3.63) is 57.0 Å². The van der Waals surface area contributed by atoms with Gasteiger partial charge in [0.05, 0.1) is 23.3 Å². The molecule has 0 aliphatic rings. The predicted molar refractivity (Wildman–Crippen MR) is 138 cm³/mol. The van der Waals surface area contributed by atoms with Gasteiger partial charge in [-0.05, 0) is 36.2 Å². The predicted octanol–water partition coefficient (Wildman–Crippen LogP) is 3.44. The Morgan fingerprint density at radius 3 is 2.02 bits per heavy atom. The molecule has 19 heteroatoms. The van der Waals surface area contributed by atoms with Gasteiger partial charge in [0.25, 0.3) is 0 Å². The summed E-state index contributed by atoms with van der Waals surface area (Å²) in [7, 11) is -4.35. The molecule has 0 heterocycles. The molecule has 0 aliphatic heterocycles. The Morgan fingerprint density at radius 1 is 1.05 bits per heavy atom. The molecule has 0 unspecified atom stereocenters. The number of alkyl halides is 3. The van der Waals surface area contributed by atoms with Crippen molar-refractivity contribution in [1.82, 2.24) is 10.2 Å². The van der Waals surface area contributed by atoms with E-state index in [9.17, 15) is 31.5 Å². The van der Waals surface area contributed by atoms with E-state index in [0.717, 1.165) is 0 Å². The first-order chi connectivity index (χ1) is 18.4. The Labute approximate surface area is 240 Å². The molecule has 2 rings (SSSR count). The molecule has 0 saturated carbocycles. The number of ether oxygens (including phenoxy) is 1. The highest BCUT2D eigenvalue weighted by atomic mass is 35.5. The van der Waals surface area contributed by atoms with Crippen LogP contribution in [0.1, 0.15) is 12.0 Å². The number of nitrogens with two attached hydrogens (primary N) is 1. The van der Waals surface area contributed by atoms with Gasteiger partial charge in [-0.1, -0.05) is 46.9 Å². The first kappa shape index (κ1) is 35.0. The molecule has 0 aliphatic carbocycles. The number of nitrogens with one attached hydrogen (secondary N) is 3. The number of carbonyl (C=O) groups is 2. The SMILES string of the molecule is N=C(N)NOCCCOc1ccc(C[C@H](NS(=O)(=O)c2c(Cl)cc(Cl)cc2Cl)C(=O)O)cc1.O=C(O)C(F)(F)F. The van der Waals surface area contributed by atoms with E-state index in [1.165, 1.54) is 12.1 Å². The third-order valence-corrected chi connectivity index (χ3v) is 6.89. The summed E-state index contributed by atoms with van der Waals surface area (Å²) < 4.78 is 64.9. The summed E-state index contributed by atoms with van der Waals surface area (Å²) in [6, 6.07) is 7.42. The van der Waals surface area contributed by atoms with Crippen LogP contribution in [0.4, 0.5) is 13.2 Å². The normalized spacial score (nSPS) is 12.1. The summed E-state index contributed by atoms with van der Waals surface area (Å²) in [5.41, 5.74) is 7.83. The molecule has 12 nitrogen and oxygen atoms in total. The first-order valence-corrected chi connectivity index (χ1v) is 13.2. The van der Waals surface area contributed by atoms with E-state index < -0.39 is 39.1 Å². The van der Waals surface area contributed by atoms with Crippen molar-refractivity contribution in [2.24, 2.45) is 5.73 Å². The maximum Gasteiger partial charge on any atom is 0.490 e. The third kappa shape index (κ3) is 12.4. The first-order valence-electron chi connectivity index (χ1n) is 10.6. The highest BCUT2D eigenvalue weighted by Crippen LogP contribution is 2.32. The molecular formula is C21H22Cl3F3N4O8S. The number of rotatable bonds is 12. The molecular weight excluding hydrogens is 632 g/mol. The molecule has 1 atom stereocenters. The standard InChI is InChI=1S/C19H21Cl3N4O6S.C2HF3O2/c20-12-9-14(21)17(15(22)10-12)33(29,30)26-16(18(27)28)8-11-2-4-13(5-3-11)31-6-1-7-32-25-19(23)24;3-2(4,5)1(6)7/h2-5,9-10,16,26H,1,6-8H2,(H,27,28)(H4,23,24,25);(H,6,7)/t16-;/m0./s1. The van der Waals surface area contributed by atoms with Gasteiger partial charge in [-0.25, -0.2) is 18.7 Å². The van der Waals surface area contributed by atoms with Gasteiger partial charge >= 0.3 is 18.1 Å². The van der Waals surface area contributed by atoms with Crippen molar-refractivity contribution in [3.8, 4) is 5.75 Å². The van der Waals surface area contributed by atoms with E-state index in [1.54, 1.807) is 24.3 Å². The Hall–Kier alpha value is -3.02. The fraction of sp³-hybridized carbons (Fsp3) is 0.286. The minimum Gasteiger partial charge on any atom is -0.494 e. The Morgan fingerprint density at radius 2 is 1.57 bits per heavy atom. The molecule has 2 aromatic carbocycles. The minimum absolute atomic E-state index is 0.137. The third-order valence-electron chi connectivity index (χ3n) is 4.27. The number of carboxylic acids is 2. The zero-order valence-electron chi connectivity index (χ0n) is 20.0. The lowest BCUT2D eigenvalue weighted by Crippen LogP contribution is -2.42. The smallest absolute Gasteiger partial charge is 0.490 e. The minimum atomic E-state index is -5.08. The molecule has 2 aromatic rings. The van der Waals surface area contributed by atoms with Crippen molar-refractivity contribution in [1.29, 1.82) is 5.41 Å². The van der Waals surface area contributed by atoms with Gasteiger partial charge in [0.2, 0.25) is 16.0 Å². The maximum atomic E-state index is 12.7. The Kier molecular flexibility index (Phi) is 13.7. The summed E-state index contributed by atoms with van der Waals surface area (Å²) in [4.78, 5) is 25.0. The molecule has 222 valence electrons. The van der Waals surface area contributed by atoms with Gasteiger partial charge in [-0.2, -0.15) is 17.9 Å². The van der Waals surface area contributed by atoms with Gasteiger partial charge in [-0.3, -0.25) is 15.0 Å². The van der Waals surface area contributed by atoms with E-state index in [2.05, 4.69) is 10.2 Å². The monoisotopic (exact) mass is 652 g/mol. The van der Waals surface area contributed by atoms with Crippen LogP contribution in [-0.4, -0.2) is 62.0 Å². The van der Waals surface area contributed by atoms with Crippen molar-refractivity contribution in [3.63, 3.8) is 0 Å². The van der Waals surface area contributed by atoms with Gasteiger partial charge in [-0.15, -0.1) is 0 Å². The highest BCUT2D eigenvalue weighted by Gasteiger charge is 2.38. The van der Waals surface area contributed by atoms with E-state index in [1.807, 2.05) is 0 Å². The van der Waals surface area contributed by atoms with E-state index in [4.69, 9.17) is 65.4 Å². The van der Waals surface area contributed by atoms with Crippen LogP contribution in [0.25, 0.3) is 0 Å². The summed E-state index contributed by atoms with van der Waals surface area (Å²) in [5.74, 6) is -3.90. The van der Waals surface area contributed by atoms with Crippen LogP contribution in [0.15, 0.2) is 41.3 Å². The number of aliphatic carboxylic acids is 2. The maximum absolute atomic E-state index is 12.7. The van der Waals surface area contributed by atoms with Gasteiger partial charge < -0.3 is 20.7 Å². The second-order valence-corrected chi connectivity index (χ2v) is 10.3. The van der Waals surface area contributed by atoms with Crippen molar-refractivity contribution in [2.45, 2.75) is 30.0 Å². The summed E-state index contributed by atoms with van der Waals surface area (Å²) in [5, 5.41) is 23.3. The number of benzene rings is 2. The van der Waals surface area contributed by atoms with Crippen LogP contribution >= 0.6 is 34.8 Å². The van der Waals surface area contributed by atoms with Gasteiger partial charge in [0, 0.05) is 11.4 Å². The average Bonchev–Trinajstić information content (AvgIpc) is 2.80. The summed E-state index contributed by atoms with van der Waals surface area (Å²) >= 11 is 17.7. The second kappa shape index (κ2) is 15.7. The lowest BCUT2D eigenvalue weighted by atomic mass is 10.1. The highest BCUT2D eigenvalue weighted by molar-refractivity contribution is 7.89. The molecule has 0 spiro atoms. The number of halogens is 6. The zero-order chi connectivity index (χ0) is 30.7. The molecule has 0 radical (unpaired) electrons. The fourth-order valence-electron chi connectivity index (χ4n) is 2.62. The van der Waals surface area contributed by atoms with E-state index >= 15 is 0 Å². The number of hydrogen-bond acceptors (Lipinski definition) is 7. The molecule has 0 bridgehead atoms. The Balaban J connectivity index is 0.00000101. The van der Waals surface area contributed by atoms with Crippen LogP contribution in [-0.2, 0) is 30.9 Å². The topological polar surface area (TPSA) is 201 Å². The summed E-state index contributed by atoms with van der Waals surface area (Å²) in [6.45, 7) is 0.610. The quantitative estimate of drug-likeness (QED) is 0.0853. The molecule has 0 fully saturated rings. The number of guanidine groups is 1. The average molecular weight is 654 g/mol. The van der Waals surface area contributed by atoms with E-state index in [0.29, 0.717) is 24.3 Å². The number of sulfonamides is 1. The van der Waals surface area contributed by atoms with Crippen LogP contribution < -0.4 is 20.7 Å². The lowest BCUT2D eigenvalue weighted by molar-refractivity contribution is -0.192. The number of carboxylic acid groups (broad SMARTS) is 2. The molecule has 7 N–H and O–H groups in total. The number of hydrogen-bond donors (Lipinski definition) is 6. The molecule has 0 saturated heterocycles. The second-order valence-electron chi connectivity index (χ2n) is 7.43.